The third kappa shape index (κ3) is 4.83. The van der Waals surface area contributed by atoms with Gasteiger partial charge in [-0.15, -0.1) is 0 Å². The highest BCUT2D eigenvalue weighted by Crippen LogP contribution is 2.37. The van der Waals surface area contributed by atoms with Gasteiger partial charge in [-0.1, -0.05) is 42.5 Å². The molecule has 0 fully saturated rings. The Morgan fingerprint density at radius 2 is 1.27 bits per heavy atom. The van der Waals surface area contributed by atoms with E-state index in [1.54, 1.807) is 36.4 Å². The fraction of sp³-hybridized carbons (Fsp3) is 0.0385. The Labute approximate surface area is 189 Å². The normalized spacial score (nSPS) is 10.7. The van der Waals surface area contributed by atoms with E-state index in [0.29, 0.717) is 11.3 Å². The standard InChI is InChI=1S/C26H20N2O5/c29-21-13-7-17(8-14-21)25(18-9-15-22(30)16-10-18)23-3-1-2-4-24(23)27-26(31)19-5-11-20(12-6-19)28(32)33/h1-16,25,29-30H,(H,27,31). The molecular weight excluding hydrogens is 420 g/mol. The van der Waals surface area contributed by atoms with Gasteiger partial charge in [-0.05, 0) is 59.2 Å². The molecule has 0 aliphatic carbocycles. The van der Waals surface area contributed by atoms with Gasteiger partial charge in [0.2, 0.25) is 0 Å². The highest BCUT2D eigenvalue weighted by atomic mass is 16.6. The summed E-state index contributed by atoms with van der Waals surface area (Å²) >= 11 is 0. The van der Waals surface area contributed by atoms with Crippen molar-refractivity contribution in [1.82, 2.24) is 0 Å². The maximum absolute atomic E-state index is 12.9. The van der Waals surface area contributed by atoms with Crippen molar-refractivity contribution in [1.29, 1.82) is 0 Å². The maximum atomic E-state index is 12.9. The van der Waals surface area contributed by atoms with Crippen LogP contribution in [0.5, 0.6) is 11.5 Å². The van der Waals surface area contributed by atoms with Crippen LogP contribution in [0.4, 0.5) is 11.4 Å². The Hall–Kier alpha value is -4.65. The quantitative estimate of drug-likeness (QED) is 0.210. The van der Waals surface area contributed by atoms with Crippen LogP contribution in [0.2, 0.25) is 0 Å². The second kappa shape index (κ2) is 9.23. The number of aromatic hydroxyl groups is 2. The van der Waals surface area contributed by atoms with Crippen molar-refractivity contribution in [2.45, 2.75) is 5.92 Å². The Morgan fingerprint density at radius 3 is 1.79 bits per heavy atom. The molecule has 0 aliphatic heterocycles. The van der Waals surface area contributed by atoms with Crippen molar-refractivity contribution < 1.29 is 19.9 Å². The van der Waals surface area contributed by atoms with Gasteiger partial charge in [0, 0.05) is 29.3 Å². The number of nitro groups is 1. The lowest BCUT2D eigenvalue weighted by Crippen LogP contribution is -2.15. The second-order valence-electron chi connectivity index (χ2n) is 7.46. The largest absolute Gasteiger partial charge is 0.508 e. The van der Waals surface area contributed by atoms with E-state index in [1.165, 1.54) is 24.3 Å². The van der Waals surface area contributed by atoms with E-state index in [9.17, 15) is 25.1 Å². The van der Waals surface area contributed by atoms with Crippen LogP contribution >= 0.6 is 0 Å². The molecule has 164 valence electrons. The van der Waals surface area contributed by atoms with Gasteiger partial charge in [0.05, 0.1) is 4.92 Å². The van der Waals surface area contributed by atoms with Crippen LogP contribution in [0.1, 0.15) is 33.0 Å². The topological polar surface area (TPSA) is 113 Å². The van der Waals surface area contributed by atoms with Crippen molar-refractivity contribution in [3.8, 4) is 11.5 Å². The molecule has 4 rings (SSSR count). The molecule has 4 aromatic rings. The first kappa shape index (κ1) is 21.6. The van der Waals surface area contributed by atoms with Crippen molar-refractivity contribution in [3.63, 3.8) is 0 Å². The van der Waals surface area contributed by atoms with E-state index in [4.69, 9.17) is 0 Å². The SMILES string of the molecule is O=C(Nc1ccccc1C(c1ccc(O)cc1)c1ccc(O)cc1)c1ccc([N+](=O)[O-])cc1. The van der Waals surface area contributed by atoms with Crippen molar-refractivity contribution in [2.24, 2.45) is 0 Å². The van der Waals surface area contributed by atoms with Crippen LogP contribution in [-0.2, 0) is 0 Å². The summed E-state index contributed by atoms with van der Waals surface area (Å²) in [5, 5.41) is 33.3. The van der Waals surface area contributed by atoms with E-state index in [1.807, 2.05) is 36.4 Å². The lowest BCUT2D eigenvalue weighted by Gasteiger charge is -2.22. The predicted octanol–water partition coefficient (Wildman–Crippen LogP) is 5.44. The number of carbonyl (C=O) groups excluding carboxylic acids is 1. The number of hydrogen-bond acceptors (Lipinski definition) is 5. The Balaban J connectivity index is 1.73. The van der Waals surface area contributed by atoms with Gasteiger partial charge >= 0.3 is 0 Å². The molecule has 33 heavy (non-hydrogen) atoms. The zero-order chi connectivity index (χ0) is 23.4. The van der Waals surface area contributed by atoms with E-state index < -0.39 is 10.8 Å². The molecular formula is C26H20N2O5. The number of non-ortho nitro benzene ring substituents is 1. The van der Waals surface area contributed by atoms with Gasteiger partial charge < -0.3 is 15.5 Å². The third-order valence-corrected chi connectivity index (χ3v) is 5.31. The second-order valence-corrected chi connectivity index (χ2v) is 7.46. The van der Waals surface area contributed by atoms with Gasteiger partial charge in [0.15, 0.2) is 0 Å². The molecule has 0 aromatic heterocycles. The summed E-state index contributed by atoms with van der Waals surface area (Å²) in [5.74, 6) is -0.405. The zero-order valence-electron chi connectivity index (χ0n) is 17.4. The van der Waals surface area contributed by atoms with Gasteiger partial charge in [0.25, 0.3) is 11.6 Å². The molecule has 0 spiro atoms. The fourth-order valence-electron chi connectivity index (χ4n) is 3.68. The molecule has 0 unspecified atom stereocenters. The molecule has 7 heteroatoms. The highest BCUT2D eigenvalue weighted by molar-refractivity contribution is 6.04. The van der Waals surface area contributed by atoms with Gasteiger partial charge in [0.1, 0.15) is 11.5 Å². The molecule has 3 N–H and O–H groups in total. The minimum atomic E-state index is -0.517. The van der Waals surface area contributed by atoms with Crippen LogP contribution < -0.4 is 5.32 Å². The molecule has 0 atom stereocenters. The lowest BCUT2D eigenvalue weighted by atomic mass is 9.84. The molecule has 4 aromatic carbocycles. The molecule has 0 saturated carbocycles. The van der Waals surface area contributed by atoms with Crippen LogP contribution in [0.15, 0.2) is 97.1 Å². The first-order valence-electron chi connectivity index (χ1n) is 10.1. The summed E-state index contributed by atoms with van der Waals surface area (Å²) in [6, 6.07) is 26.4. The van der Waals surface area contributed by atoms with Crippen LogP contribution in [0, 0.1) is 10.1 Å². The Morgan fingerprint density at radius 1 is 0.758 bits per heavy atom. The average Bonchev–Trinajstić information content (AvgIpc) is 2.82. The molecule has 0 saturated heterocycles. The van der Waals surface area contributed by atoms with Crippen molar-refractivity contribution in [3.05, 3.63) is 129 Å². The molecule has 0 heterocycles. The van der Waals surface area contributed by atoms with E-state index >= 15 is 0 Å². The average molecular weight is 440 g/mol. The summed E-state index contributed by atoms with van der Waals surface area (Å²) < 4.78 is 0. The Bertz CT molecular complexity index is 1240. The number of carbonyl (C=O) groups is 1. The minimum Gasteiger partial charge on any atom is -0.508 e. The number of benzene rings is 4. The monoisotopic (exact) mass is 440 g/mol. The zero-order valence-corrected chi connectivity index (χ0v) is 17.4. The number of nitro benzene ring substituents is 1. The van der Waals surface area contributed by atoms with Crippen molar-refractivity contribution in [2.75, 3.05) is 5.32 Å². The number of amides is 1. The van der Waals surface area contributed by atoms with Gasteiger partial charge in [-0.3, -0.25) is 14.9 Å². The molecule has 7 nitrogen and oxygen atoms in total. The van der Waals surface area contributed by atoms with Gasteiger partial charge in [-0.25, -0.2) is 0 Å². The fourth-order valence-corrected chi connectivity index (χ4v) is 3.68. The van der Waals surface area contributed by atoms with E-state index in [-0.39, 0.29) is 23.1 Å². The summed E-state index contributed by atoms with van der Waals surface area (Å²) in [5.41, 5.74) is 3.36. The smallest absolute Gasteiger partial charge is 0.269 e. The highest BCUT2D eigenvalue weighted by Gasteiger charge is 2.21. The number of rotatable bonds is 6. The number of phenols is 2. The van der Waals surface area contributed by atoms with E-state index in [0.717, 1.165) is 16.7 Å². The predicted molar refractivity (Wildman–Crippen MR) is 125 cm³/mol. The molecule has 0 bridgehead atoms. The van der Waals surface area contributed by atoms with Gasteiger partial charge in [-0.2, -0.15) is 0 Å². The number of anilines is 1. The number of phenolic OH excluding ortho intramolecular Hbond substituents is 2. The van der Waals surface area contributed by atoms with Crippen molar-refractivity contribution >= 4 is 17.3 Å². The number of nitrogens with one attached hydrogen (secondary N) is 1. The number of hydrogen-bond donors (Lipinski definition) is 3. The molecule has 0 radical (unpaired) electrons. The number of para-hydroxylation sites is 1. The first-order chi connectivity index (χ1) is 15.9. The Kier molecular flexibility index (Phi) is 6.04. The maximum Gasteiger partial charge on any atom is 0.269 e. The van der Waals surface area contributed by atoms with Crippen LogP contribution in [0.3, 0.4) is 0 Å². The minimum absolute atomic E-state index is 0.0910. The number of nitrogens with zero attached hydrogens (tertiary/aromatic N) is 1. The van der Waals surface area contributed by atoms with Crippen LogP contribution in [0.25, 0.3) is 0 Å². The summed E-state index contributed by atoms with van der Waals surface area (Å²) in [6.45, 7) is 0. The first-order valence-corrected chi connectivity index (χ1v) is 10.1. The summed E-state index contributed by atoms with van der Waals surface area (Å²) in [7, 11) is 0. The lowest BCUT2D eigenvalue weighted by molar-refractivity contribution is -0.384. The molecule has 0 aliphatic rings. The summed E-state index contributed by atoms with van der Waals surface area (Å²) in [6.07, 6.45) is 0. The molecule has 1 amide bonds. The third-order valence-electron chi connectivity index (χ3n) is 5.31. The van der Waals surface area contributed by atoms with Crippen LogP contribution in [-0.4, -0.2) is 21.0 Å². The van der Waals surface area contributed by atoms with E-state index in [2.05, 4.69) is 5.32 Å². The summed E-state index contributed by atoms with van der Waals surface area (Å²) in [4.78, 5) is 23.2.